The monoisotopic (exact) mass is 257 g/mol. The zero-order valence-corrected chi connectivity index (χ0v) is 11.0. The lowest BCUT2D eigenvalue weighted by molar-refractivity contribution is 0.0341. The van der Waals surface area contributed by atoms with Crippen LogP contribution in [-0.4, -0.2) is 55.7 Å². The molecule has 8 nitrogen and oxygen atoms in total. The Morgan fingerprint density at radius 1 is 1.67 bits per heavy atom. The van der Waals surface area contributed by atoms with Gasteiger partial charge in [0.2, 0.25) is 0 Å². The fourth-order valence-corrected chi connectivity index (χ4v) is 1.93. The van der Waals surface area contributed by atoms with E-state index in [2.05, 4.69) is 22.1 Å². The molecule has 0 radical (unpaired) electrons. The normalized spacial score (nSPS) is 20.9. The summed E-state index contributed by atoms with van der Waals surface area (Å²) in [6.07, 6.45) is 2.25. The van der Waals surface area contributed by atoms with E-state index in [-0.39, 0.29) is 0 Å². The van der Waals surface area contributed by atoms with E-state index in [1.54, 1.807) is 14.2 Å². The van der Waals surface area contributed by atoms with Gasteiger partial charge < -0.3 is 10.6 Å². The van der Waals surface area contributed by atoms with Crippen molar-refractivity contribution in [3.8, 4) is 6.57 Å². The average molecular weight is 257 g/mol. The molecule has 1 heterocycles. The van der Waals surface area contributed by atoms with Crippen molar-refractivity contribution >= 4 is 5.84 Å². The Bertz CT molecular complexity index is 264. The minimum atomic E-state index is 0.363. The molecule has 1 aliphatic heterocycles. The summed E-state index contributed by atoms with van der Waals surface area (Å²) in [4.78, 5) is 7.17. The molecule has 0 saturated carbocycles. The van der Waals surface area contributed by atoms with Crippen LogP contribution >= 0.6 is 0 Å². The maximum Gasteiger partial charge on any atom is 0.135 e. The quantitative estimate of drug-likeness (QED) is 0.246. The van der Waals surface area contributed by atoms with Gasteiger partial charge in [-0.05, 0) is 19.4 Å². The summed E-state index contributed by atoms with van der Waals surface area (Å²) >= 11 is 0. The molecular formula is C10H23N7O. The van der Waals surface area contributed by atoms with Crippen LogP contribution in [0.2, 0.25) is 0 Å². The number of nitrogens with zero attached hydrogens (tertiary/aromatic N) is 4. The first kappa shape index (κ1) is 16.6. The van der Waals surface area contributed by atoms with Crippen molar-refractivity contribution in [2.75, 3.05) is 33.8 Å². The fraction of sp³-hybridized carbons (Fsp3) is 0.800. The number of hydrazine groups is 1. The van der Waals surface area contributed by atoms with Crippen molar-refractivity contribution in [1.29, 1.82) is 5.26 Å². The molecule has 0 bridgehead atoms. The van der Waals surface area contributed by atoms with Gasteiger partial charge in [0, 0.05) is 26.2 Å². The van der Waals surface area contributed by atoms with Crippen LogP contribution in [0.4, 0.5) is 0 Å². The molecular weight excluding hydrogens is 234 g/mol. The molecule has 1 saturated heterocycles. The molecule has 0 spiro atoms. The first-order valence-electron chi connectivity index (χ1n) is 5.70. The standard InChI is InChI=1S/C9H22N6O.CHN/c1-14(11)12-9(10)7-15-5-3-4-8(6-15)13-16-2;1-2/h8,13H,3-7,11H2,1-2H3,(H2,10,12);1H. The largest absolute Gasteiger partial charge is 0.385 e. The van der Waals surface area contributed by atoms with Gasteiger partial charge in [0.1, 0.15) is 5.84 Å². The number of amidine groups is 1. The van der Waals surface area contributed by atoms with Crippen molar-refractivity contribution in [3.05, 3.63) is 0 Å². The molecule has 8 heteroatoms. The van der Waals surface area contributed by atoms with E-state index < -0.39 is 0 Å². The highest BCUT2D eigenvalue weighted by atomic mass is 16.6. The summed E-state index contributed by atoms with van der Waals surface area (Å²) in [7, 11) is 3.29. The maximum absolute atomic E-state index is 6.50. The summed E-state index contributed by atoms with van der Waals surface area (Å²) in [5.74, 6) is 5.92. The molecule has 0 aliphatic carbocycles. The predicted molar refractivity (Wildman–Crippen MR) is 69.8 cm³/mol. The van der Waals surface area contributed by atoms with Crippen molar-refractivity contribution in [2.45, 2.75) is 18.9 Å². The number of hydrazone groups is 1. The number of nitriles is 1. The van der Waals surface area contributed by atoms with Crippen LogP contribution in [0.15, 0.2) is 5.10 Å². The van der Waals surface area contributed by atoms with Gasteiger partial charge in [-0.1, -0.05) is 0 Å². The summed E-state index contributed by atoms with van der Waals surface area (Å²) < 4.78 is 0. The van der Waals surface area contributed by atoms with Crippen LogP contribution in [-0.2, 0) is 4.84 Å². The Morgan fingerprint density at radius 2 is 2.33 bits per heavy atom. The van der Waals surface area contributed by atoms with Crippen LogP contribution in [0.5, 0.6) is 0 Å². The van der Waals surface area contributed by atoms with E-state index in [0.717, 1.165) is 25.9 Å². The van der Waals surface area contributed by atoms with E-state index in [1.807, 2.05) is 0 Å². The molecule has 0 aromatic heterocycles. The van der Waals surface area contributed by atoms with E-state index in [9.17, 15) is 0 Å². The number of rotatable bonds is 5. The molecule has 5 N–H and O–H groups in total. The van der Waals surface area contributed by atoms with Gasteiger partial charge in [-0.3, -0.25) is 4.90 Å². The van der Waals surface area contributed by atoms with Gasteiger partial charge in [-0.2, -0.15) is 5.48 Å². The lowest BCUT2D eigenvalue weighted by Crippen LogP contribution is -2.48. The van der Waals surface area contributed by atoms with Gasteiger partial charge in [-0.25, -0.2) is 16.2 Å². The van der Waals surface area contributed by atoms with E-state index >= 15 is 0 Å². The van der Waals surface area contributed by atoms with Gasteiger partial charge >= 0.3 is 0 Å². The van der Waals surface area contributed by atoms with E-state index in [4.69, 9.17) is 21.7 Å². The summed E-state index contributed by atoms with van der Waals surface area (Å²) in [5.41, 5.74) is 8.73. The second-order valence-electron chi connectivity index (χ2n) is 4.06. The molecule has 1 atom stereocenters. The minimum absolute atomic E-state index is 0.363. The number of hydrogen-bond acceptors (Lipinski definition) is 7. The lowest BCUT2D eigenvalue weighted by atomic mass is 10.1. The van der Waals surface area contributed by atoms with Crippen molar-refractivity contribution in [2.24, 2.45) is 16.7 Å². The van der Waals surface area contributed by atoms with E-state index in [1.165, 1.54) is 5.12 Å². The van der Waals surface area contributed by atoms with Gasteiger partial charge in [0.15, 0.2) is 0 Å². The third-order valence-corrected chi connectivity index (χ3v) is 2.46. The number of hydrogen-bond donors (Lipinski definition) is 3. The number of likely N-dealkylation sites (tertiary alicyclic amines) is 1. The highest BCUT2D eigenvalue weighted by Gasteiger charge is 2.20. The third kappa shape index (κ3) is 7.03. The molecule has 0 aromatic carbocycles. The van der Waals surface area contributed by atoms with Gasteiger partial charge in [-0.15, -0.1) is 5.10 Å². The Morgan fingerprint density at radius 3 is 2.89 bits per heavy atom. The zero-order valence-electron chi connectivity index (χ0n) is 11.0. The summed E-state index contributed by atoms with van der Waals surface area (Å²) in [6.45, 7) is 6.09. The number of nitrogens with two attached hydrogens (primary N) is 2. The number of piperidine rings is 1. The molecule has 1 fully saturated rings. The highest BCUT2D eigenvalue weighted by Crippen LogP contribution is 2.09. The third-order valence-electron chi connectivity index (χ3n) is 2.46. The Hall–Kier alpha value is -1.40. The van der Waals surface area contributed by atoms with Crippen LogP contribution in [0.3, 0.4) is 0 Å². The summed E-state index contributed by atoms with van der Waals surface area (Å²) in [5, 5.41) is 11.7. The first-order chi connectivity index (χ1) is 8.61. The molecule has 0 amide bonds. The number of hydroxylamine groups is 1. The molecule has 1 aliphatic rings. The second-order valence-corrected chi connectivity index (χ2v) is 4.06. The minimum Gasteiger partial charge on any atom is -0.385 e. The lowest BCUT2D eigenvalue weighted by Gasteiger charge is -2.32. The average Bonchev–Trinajstić information content (AvgIpc) is 2.31. The van der Waals surface area contributed by atoms with Gasteiger partial charge in [0.25, 0.3) is 0 Å². The Balaban J connectivity index is 0.00000137. The van der Waals surface area contributed by atoms with Crippen LogP contribution in [0.25, 0.3) is 0 Å². The second kappa shape index (κ2) is 9.61. The van der Waals surface area contributed by atoms with Crippen LogP contribution in [0, 0.1) is 11.8 Å². The molecule has 0 aromatic rings. The van der Waals surface area contributed by atoms with E-state index in [0.29, 0.717) is 18.4 Å². The molecule has 104 valence electrons. The molecule has 18 heavy (non-hydrogen) atoms. The van der Waals surface area contributed by atoms with Crippen LogP contribution in [0.1, 0.15) is 12.8 Å². The fourth-order valence-electron chi connectivity index (χ4n) is 1.93. The van der Waals surface area contributed by atoms with Crippen molar-refractivity contribution < 1.29 is 4.84 Å². The topological polar surface area (TPSA) is 116 Å². The Labute approximate surface area is 108 Å². The predicted octanol–water partition coefficient (Wildman–Crippen LogP) is -1.18. The summed E-state index contributed by atoms with van der Waals surface area (Å²) in [6, 6.07) is 0.363. The Kier molecular flexibility index (Phi) is 8.86. The molecule has 1 unspecified atom stereocenters. The highest BCUT2D eigenvalue weighted by molar-refractivity contribution is 5.82. The molecule has 1 rings (SSSR count). The smallest absolute Gasteiger partial charge is 0.135 e. The number of nitrogens with one attached hydrogen (secondary N) is 1. The van der Waals surface area contributed by atoms with Crippen molar-refractivity contribution in [1.82, 2.24) is 15.5 Å². The zero-order chi connectivity index (χ0) is 14.0. The SMILES string of the molecule is C#N.CONC1CCCN(C/C(N)=N/N(C)N)C1. The first-order valence-corrected chi connectivity index (χ1v) is 5.70. The maximum atomic E-state index is 6.50. The van der Waals surface area contributed by atoms with Gasteiger partial charge in [0.05, 0.1) is 13.7 Å². The van der Waals surface area contributed by atoms with Crippen molar-refractivity contribution in [3.63, 3.8) is 0 Å². The van der Waals surface area contributed by atoms with Crippen LogP contribution < -0.4 is 17.1 Å².